The minimum Gasteiger partial charge on any atom is -0.237 e. The third-order valence-corrected chi connectivity index (χ3v) is 2.11. The molecule has 13 heavy (non-hydrogen) atoms. The molecule has 0 fully saturated rings. The lowest BCUT2D eigenvalue weighted by atomic mass is 10.0. The minimum absolute atomic E-state index is 0.714. The molecule has 0 N–H and O–H groups in total. The van der Waals surface area contributed by atoms with Gasteiger partial charge in [-0.2, -0.15) is 5.11 Å². The summed E-state index contributed by atoms with van der Waals surface area (Å²) < 4.78 is 0. The van der Waals surface area contributed by atoms with Gasteiger partial charge >= 0.3 is 0 Å². The standard InChI is InChI=1S/C9H6N4/c1-2-6-4-7-5-11-13-9(7)12-8(6)10-3-1/h1-3,5H,4H2. The quantitative estimate of drug-likeness (QED) is 0.587. The summed E-state index contributed by atoms with van der Waals surface area (Å²) in [6, 6.07) is 3.95. The summed E-state index contributed by atoms with van der Waals surface area (Å²) in [5, 5.41) is 7.71. The van der Waals surface area contributed by atoms with Gasteiger partial charge in [0.25, 0.3) is 0 Å². The molecule has 4 heteroatoms. The van der Waals surface area contributed by atoms with Crippen LogP contribution in [0.3, 0.4) is 0 Å². The molecular formula is C9H6N4. The van der Waals surface area contributed by atoms with Gasteiger partial charge in [0.15, 0.2) is 11.7 Å². The van der Waals surface area contributed by atoms with Crippen molar-refractivity contribution in [3.8, 4) is 0 Å². The van der Waals surface area contributed by atoms with Gasteiger partial charge in [-0.1, -0.05) is 6.07 Å². The van der Waals surface area contributed by atoms with Crippen LogP contribution >= 0.6 is 0 Å². The number of hydrogen-bond acceptors (Lipinski definition) is 4. The number of hydrogen-bond donors (Lipinski definition) is 0. The predicted octanol–water partition coefficient (Wildman–Crippen LogP) is 2.02. The first kappa shape index (κ1) is 6.65. The van der Waals surface area contributed by atoms with Crippen molar-refractivity contribution in [2.24, 2.45) is 15.2 Å². The summed E-state index contributed by atoms with van der Waals surface area (Å²) in [6.07, 6.45) is 4.34. The average Bonchev–Trinajstić information content (AvgIpc) is 2.61. The van der Waals surface area contributed by atoms with E-state index in [0.717, 1.165) is 23.4 Å². The molecule has 0 saturated carbocycles. The van der Waals surface area contributed by atoms with E-state index in [1.807, 2.05) is 12.1 Å². The monoisotopic (exact) mass is 170 g/mol. The topological polar surface area (TPSA) is 50.0 Å². The average molecular weight is 170 g/mol. The first-order chi connectivity index (χ1) is 6.43. The molecular weight excluding hydrogens is 164 g/mol. The number of aromatic nitrogens is 1. The fourth-order valence-electron chi connectivity index (χ4n) is 1.47. The molecule has 0 aromatic carbocycles. The van der Waals surface area contributed by atoms with E-state index in [1.165, 1.54) is 0 Å². The van der Waals surface area contributed by atoms with E-state index >= 15 is 0 Å². The highest BCUT2D eigenvalue weighted by Crippen LogP contribution is 2.28. The number of pyridine rings is 1. The van der Waals surface area contributed by atoms with Crippen molar-refractivity contribution in [3.63, 3.8) is 0 Å². The van der Waals surface area contributed by atoms with Gasteiger partial charge < -0.3 is 0 Å². The molecule has 1 aromatic rings. The molecule has 4 nitrogen and oxygen atoms in total. The molecule has 3 heterocycles. The van der Waals surface area contributed by atoms with Crippen LogP contribution in [-0.2, 0) is 6.42 Å². The molecule has 1 aromatic heterocycles. The first-order valence-corrected chi connectivity index (χ1v) is 4.06. The Morgan fingerprint density at radius 3 is 3.31 bits per heavy atom. The second-order valence-corrected chi connectivity index (χ2v) is 2.97. The zero-order valence-electron chi connectivity index (χ0n) is 6.81. The van der Waals surface area contributed by atoms with Crippen molar-refractivity contribution in [2.45, 2.75) is 6.42 Å². The van der Waals surface area contributed by atoms with Gasteiger partial charge in [0.1, 0.15) is 0 Å². The Morgan fingerprint density at radius 2 is 2.31 bits per heavy atom. The summed E-state index contributed by atoms with van der Waals surface area (Å²) >= 11 is 0. The van der Waals surface area contributed by atoms with Crippen molar-refractivity contribution < 1.29 is 0 Å². The molecule has 0 atom stereocenters. The Bertz CT molecular complexity index is 456. The Kier molecular flexibility index (Phi) is 1.19. The molecule has 0 radical (unpaired) electrons. The van der Waals surface area contributed by atoms with Crippen molar-refractivity contribution in [3.05, 3.63) is 35.7 Å². The highest BCUT2D eigenvalue weighted by Gasteiger charge is 2.19. The van der Waals surface area contributed by atoms with Crippen LogP contribution in [0, 0.1) is 0 Å². The van der Waals surface area contributed by atoms with Crippen molar-refractivity contribution >= 4 is 11.7 Å². The van der Waals surface area contributed by atoms with Gasteiger partial charge in [0.2, 0.25) is 0 Å². The summed E-state index contributed by atoms with van der Waals surface area (Å²) in [6.45, 7) is 0. The molecule has 62 valence electrons. The third kappa shape index (κ3) is 0.917. The van der Waals surface area contributed by atoms with Crippen LogP contribution in [0.5, 0.6) is 0 Å². The maximum absolute atomic E-state index is 4.28. The molecule has 0 aliphatic carbocycles. The number of amidine groups is 1. The van der Waals surface area contributed by atoms with E-state index in [9.17, 15) is 0 Å². The van der Waals surface area contributed by atoms with Crippen LogP contribution in [0.15, 0.2) is 45.3 Å². The van der Waals surface area contributed by atoms with Gasteiger partial charge in [0.05, 0.1) is 6.20 Å². The predicted molar refractivity (Wildman–Crippen MR) is 48.0 cm³/mol. The van der Waals surface area contributed by atoms with E-state index in [4.69, 9.17) is 0 Å². The van der Waals surface area contributed by atoms with Crippen molar-refractivity contribution in [1.82, 2.24) is 4.98 Å². The van der Waals surface area contributed by atoms with Gasteiger partial charge in [-0.3, -0.25) is 0 Å². The second kappa shape index (κ2) is 2.32. The Hall–Kier alpha value is -1.84. The number of azo groups is 1. The normalized spacial score (nSPS) is 17.5. The molecule has 2 aliphatic heterocycles. The van der Waals surface area contributed by atoms with Gasteiger partial charge in [-0.25, -0.2) is 9.98 Å². The highest BCUT2D eigenvalue weighted by atomic mass is 15.2. The number of fused-ring (bicyclic) bond motifs is 2. The zero-order valence-corrected chi connectivity index (χ0v) is 6.81. The summed E-state index contributed by atoms with van der Waals surface area (Å²) in [5.74, 6) is 1.49. The second-order valence-electron chi connectivity index (χ2n) is 2.97. The lowest BCUT2D eigenvalue weighted by Gasteiger charge is -2.10. The Balaban J connectivity index is 2.21. The van der Waals surface area contributed by atoms with Crippen LogP contribution < -0.4 is 0 Å². The summed E-state index contributed by atoms with van der Waals surface area (Å²) in [4.78, 5) is 8.45. The third-order valence-electron chi connectivity index (χ3n) is 2.11. The Morgan fingerprint density at radius 1 is 1.31 bits per heavy atom. The van der Waals surface area contributed by atoms with Crippen LogP contribution in [0.1, 0.15) is 5.56 Å². The lowest BCUT2D eigenvalue weighted by molar-refractivity contribution is 1.11. The molecule has 0 amide bonds. The number of rotatable bonds is 0. The van der Waals surface area contributed by atoms with E-state index in [0.29, 0.717) is 5.84 Å². The maximum atomic E-state index is 4.28. The van der Waals surface area contributed by atoms with Crippen LogP contribution in [0.2, 0.25) is 0 Å². The fourth-order valence-corrected chi connectivity index (χ4v) is 1.47. The smallest absolute Gasteiger partial charge is 0.181 e. The van der Waals surface area contributed by atoms with Crippen LogP contribution in [0.4, 0.5) is 5.82 Å². The largest absolute Gasteiger partial charge is 0.237 e. The zero-order chi connectivity index (χ0) is 8.67. The number of nitrogens with zero attached hydrogens (tertiary/aromatic N) is 4. The molecule has 0 saturated heterocycles. The SMILES string of the molecule is C1=C2Cc3cccnc3N=C2N=N1. The maximum Gasteiger partial charge on any atom is 0.181 e. The van der Waals surface area contributed by atoms with Gasteiger partial charge in [0, 0.05) is 23.8 Å². The van der Waals surface area contributed by atoms with Crippen molar-refractivity contribution in [1.29, 1.82) is 0 Å². The van der Waals surface area contributed by atoms with Gasteiger partial charge in [-0.05, 0) is 6.07 Å². The van der Waals surface area contributed by atoms with E-state index in [2.05, 4.69) is 20.2 Å². The van der Waals surface area contributed by atoms with Crippen LogP contribution in [0.25, 0.3) is 0 Å². The van der Waals surface area contributed by atoms with E-state index in [-0.39, 0.29) is 0 Å². The van der Waals surface area contributed by atoms with E-state index < -0.39 is 0 Å². The lowest BCUT2D eigenvalue weighted by Crippen LogP contribution is -2.05. The number of aliphatic imine (C=N–C) groups is 1. The fraction of sp³-hybridized carbons (Fsp3) is 0.111. The van der Waals surface area contributed by atoms with Crippen LogP contribution in [-0.4, -0.2) is 10.8 Å². The Labute approximate surface area is 74.8 Å². The minimum atomic E-state index is 0.714. The van der Waals surface area contributed by atoms with E-state index in [1.54, 1.807) is 12.4 Å². The van der Waals surface area contributed by atoms with Crippen molar-refractivity contribution in [2.75, 3.05) is 0 Å². The molecule has 2 aliphatic rings. The molecule has 0 unspecified atom stereocenters. The highest BCUT2D eigenvalue weighted by molar-refractivity contribution is 6.03. The summed E-state index contributed by atoms with van der Waals surface area (Å²) in [7, 11) is 0. The molecule has 0 spiro atoms. The molecule has 3 rings (SSSR count). The first-order valence-electron chi connectivity index (χ1n) is 4.06. The summed E-state index contributed by atoms with van der Waals surface area (Å²) in [5.41, 5.74) is 2.23. The van der Waals surface area contributed by atoms with Gasteiger partial charge in [-0.15, -0.1) is 5.11 Å². The molecule has 0 bridgehead atoms.